The van der Waals surface area contributed by atoms with E-state index in [2.05, 4.69) is 0 Å². The van der Waals surface area contributed by atoms with Crippen LogP contribution in [0.4, 0.5) is 0 Å². The van der Waals surface area contributed by atoms with Crippen LogP contribution in [0.1, 0.15) is 31.9 Å². The highest BCUT2D eigenvalue weighted by Crippen LogP contribution is 2.27. The van der Waals surface area contributed by atoms with Crippen molar-refractivity contribution in [1.29, 1.82) is 0 Å². The molecule has 0 fully saturated rings. The van der Waals surface area contributed by atoms with Gasteiger partial charge in [-0.3, -0.25) is 9.59 Å². The molecule has 0 amide bonds. The van der Waals surface area contributed by atoms with Crippen molar-refractivity contribution >= 4 is 11.8 Å². The zero-order valence-electron chi connectivity index (χ0n) is 11.4. The summed E-state index contributed by atoms with van der Waals surface area (Å²) in [5.74, 6) is -0.607. The molecule has 1 rings (SSSR count). The Morgan fingerprint density at radius 1 is 1.28 bits per heavy atom. The van der Waals surface area contributed by atoms with Gasteiger partial charge in [-0.15, -0.1) is 0 Å². The van der Waals surface area contributed by atoms with E-state index in [9.17, 15) is 9.59 Å². The summed E-state index contributed by atoms with van der Waals surface area (Å²) in [5.41, 5.74) is 0.986. The number of ether oxygens (including phenoxy) is 1. The third kappa shape index (κ3) is 2.97. The monoisotopic (exact) mass is 248 g/mol. The summed E-state index contributed by atoms with van der Waals surface area (Å²) >= 11 is 0. The Bertz CT molecular complexity index is 451. The van der Waals surface area contributed by atoms with Gasteiger partial charge in [0, 0.05) is 0 Å². The van der Waals surface area contributed by atoms with E-state index in [0.29, 0.717) is 6.42 Å². The van der Waals surface area contributed by atoms with Crippen molar-refractivity contribution in [3.63, 3.8) is 0 Å². The Morgan fingerprint density at radius 3 is 2.39 bits per heavy atom. The minimum absolute atomic E-state index is 0.163. The fraction of sp³-hybridized carbons (Fsp3) is 0.467. The molecular formula is C15H20O3. The van der Waals surface area contributed by atoms with Gasteiger partial charge in [0.15, 0.2) is 0 Å². The van der Waals surface area contributed by atoms with E-state index < -0.39 is 11.4 Å². The van der Waals surface area contributed by atoms with Gasteiger partial charge in [-0.2, -0.15) is 0 Å². The maximum Gasteiger partial charge on any atom is 0.319 e. The molecule has 0 aliphatic carbocycles. The number of aryl methyl sites for hydroxylation is 1. The van der Waals surface area contributed by atoms with Crippen LogP contribution in [0.15, 0.2) is 24.3 Å². The molecule has 1 atom stereocenters. The van der Waals surface area contributed by atoms with Gasteiger partial charge in [-0.25, -0.2) is 0 Å². The molecule has 1 aromatic carbocycles. The van der Waals surface area contributed by atoms with Gasteiger partial charge in [0.05, 0.1) is 6.61 Å². The summed E-state index contributed by atoms with van der Waals surface area (Å²) in [5, 5.41) is 0. The van der Waals surface area contributed by atoms with Crippen LogP contribution >= 0.6 is 0 Å². The Kier molecular flexibility index (Phi) is 4.65. The molecule has 0 heterocycles. The standard InChI is InChI=1S/C15H20O3/c1-5-18-14(17)15(4,12(3)16)10-13-9-7-6-8-11(13)2/h6-9H,5,10H2,1-4H3. The van der Waals surface area contributed by atoms with E-state index in [1.54, 1.807) is 13.8 Å². The average Bonchev–Trinajstić information content (AvgIpc) is 2.32. The van der Waals surface area contributed by atoms with Crippen molar-refractivity contribution in [2.24, 2.45) is 5.41 Å². The largest absolute Gasteiger partial charge is 0.465 e. The number of hydrogen-bond acceptors (Lipinski definition) is 3. The van der Waals surface area contributed by atoms with E-state index in [1.807, 2.05) is 31.2 Å². The second-order valence-electron chi connectivity index (χ2n) is 4.71. The smallest absolute Gasteiger partial charge is 0.319 e. The van der Waals surface area contributed by atoms with Crippen LogP contribution in [0.5, 0.6) is 0 Å². The first-order valence-corrected chi connectivity index (χ1v) is 6.14. The van der Waals surface area contributed by atoms with Crippen LogP contribution in [-0.4, -0.2) is 18.4 Å². The molecule has 0 saturated heterocycles. The Labute approximate surface area is 108 Å². The third-order valence-corrected chi connectivity index (χ3v) is 3.31. The van der Waals surface area contributed by atoms with Gasteiger partial charge < -0.3 is 4.74 Å². The molecule has 0 aliphatic rings. The van der Waals surface area contributed by atoms with E-state index in [-0.39, 0.29) is 12.4 Å². The molecule has 0 aromatic heterocycles. The Morgan fingerprint density at radius 2 is 1.89 bits per heavy atom. The molecule has 18 heavy (non-hydrogen) atoms. The molecule has 1 aromatic rings. The second-order valence-corrected chi connectivity index (χ2v) is 4.71. The van der Waals surface area contributed by atoms with Crippen molar-refractivity contribution in [2.75, 3.05) is 6.61 Å². The highest BCUT2D eigenvalue weighted by atomic mass is 16.5. The van der Waals surface area contributed by atoms with Crippen molar-refractivity contribution in [1.82, 2.24) is 0 Å². The zero-order chi connectivity index (χ0) is 13.8. The summed E-state index contributed by atoms with van der Waals surface area (Å²) in [6.45, 7) is 7.09. The lowest BCUT2D eigenvalue weighted by Crippen LogP contribution is -2.38. The van der Waals surface area contributed by atoms with Crippen LogP contribution in [0, 0.1) is 12.3 Å². The van der Waals surface area contributed by atoms with Gasteiger partial charge >= 0.3 is 5.97 Å². The van der Waals surface area contributed by atoms with E-state index in [1.165, 1.54) is 6.92 Å². The van der Waals surface area contributed by atoms with Crippen LogP contribution in [-0.2, 0) is 20.7 Å². The number of hydrogen-bond donors (Lipinski definition) is 0. The lowest BCUT2D eigenvalue weighted by molar-refractivity contribution is -0.158. The van der Waals surface area contributed by atoms with Crippen LogP contribution in [0.2, 0.25) is 0 Å². The minimum atomic E-state index is -1.10. The van der Waals surface area contributed by atoms with Gasteiger partial charge in [0.2, 0.25) is 0 Å². The molecule has 0 bridgehead atoms. The normalized spacial score (nSPS) is 13.8. The molecule has 0 N–H and O–H groups in total. The molecule has 3 heteroatoms. The number of carbonyl (C=O) groups is 2. The third-order valence-electron chi connectivity index (χ3n) is 3.31. The maximum absolute atomic E-state index is 12.0. The number of benzene rings is 1. The molecule has 0 spiro atoms. The predicted molar refractivity (Wildman–Crippen MR) is 70.3 cm³/mol. The summed E-state index contributed by atoms with van der Waals surface area (Å²) in [6, 6.07) is 7.76. The summed E-state index contributed by atoms with van der Waals surface area (Å²) in [4.78, 5) is 23.8. The van der Waals surface area contributed by atoms with Gasteiger partial charge in [0.25, 0.3) is 0 Å². The number of carbonyl (C=O) groups excluding carboxylic acids is 2. The van der Waals surface area contributed by atoms with Crippen molar-refractivity contribution in [3.05, 3.63) is 35.4 Å². The van der Waals surface area contributed by atoms with E-state index in [0.717, 1.165) is 11.1 Å². The first-order valence-electron chi connectivity index (χ1n) is 6.14. The number of rotatable bonds is 5. The summed E-state index contributed by atoms with van der Waals surface area (Å²) in [7, 11) is 0. The van der Waals surface area contributed by atoms with Gasteiger partial charge in [-0.05, 0) is 45.2 Å². The second kappa shape index (κ2) is 5.80. The molecule has 0 saturated carbocycles. The van der Waals surface area contributed by atoms with Gasteiger partial charge in [0.1, 0.15) is 11.2 Å². The first-order chi connectivity index (χ1) is 8.41. The molecule has 98 valence electrons. The highest BCUT2D eigenvalue weighted by molar-refractivity contribution is 6.02. The number of Topliss-reactive ketones (excluding diaryl/α,β-unsaturated/α-hetero) is 1. The summed E-state index contributed by atoms with van der Waals surface area (Å²) < 4.78 is 5.02. The average molecular weight is 248 g/mol. The Hall–Kier alpha value is -1.64. The van der Waals surface area contributed by atoms with Gasteiger partial charge in [-0.1, -0.05) is 24.3 Å². The zero-order valence-corrected chi connectivity index (χ0v) is 11.4. The van der Waals surface area contributed by atoms with E-state index in [4.69, 9.17) is 4.74 Å². The van der Waals surface area contributed by atoms with Crippen molar-refractivity contribution in [3.8, 4) is 0 Å². The molecule has 0 aliphatic heterocycles. The summed E-state index contributed by atoms with van der Waals surface area (Å²) in [6.07, 6.45) is 0.383. The topological polar surface area (TPSA) is 43.4 Å². The molecule has 1 unspecified atom stereocenters. The quantitative estimate of drug-likeness (QED) is 0.594. The lowest BCUT2D eigenvalue weighted by Gasteiger charge is -2.25. The number of esters is 1. The van der Waals surface area contributed by atoms with Crippen LogP contribution < -0.4 is 0 Å². The highest BCUT2D eigenvalue weighted by Gasteiger charge is 2.40. The van der Waals surface area contributed by atoms with Crippen LogP contribution in [0.25, 0.3) is 0 Å². The molecular weight excluding hydrogens is 228 g/mol. The molecule has 3 nitrogen and oxygen atoms in total. The SMILES string of the molecule is CCOC(=O)C(C)(Cc1ccccc1C)C(C)=O. The van der Waals surface area contributed by atoms with E-state index >= 15 is 0 Å². The first kappa shape index (κ1) is 14.4. The van der Waals surface area contributed by atoms with Crippen molar-refractivity contribution in [2.45, 2.75) is 34.1 Å². The Balaban J connectivity index is 3.04. The predicted octanol–water partition coefficient (Wildman–Crippen LogP) is 2.70. The fourth-order valence-electron chi connectivity index (χ4n) is 1.82. The minimum Gasteiger partial charge on any atom is -0.465 e. The number of ketones is 1. The van der Waals surface area contributed by atoms with Crippen molar-refractivity contribution < 1.29 is 14.3 Å². The molecule has 0 radical (unpaired) electrons. The fourth-order valence-corrected chi connectivity index (χ4v) is 1.82. The lowest BCUT2D eigenvalue weighted by atomic mass is 9.79. The maximum atomic E-state index is 12.0. The van der Waals surface area contributed by atoms with Crippen LogP contribution in [0.3, 0.4) is 0 Å².